The van der Waals surface area contributed by atoms with Crippen molar-refractivity contribution in [1.82, 2.24) is 15.1 Å². The van der Waals surface area contributed by atoms with Crippen LogP contribution in [-0.4, -0.2) is 21.3 Å². The molecule has 0 spiro atoms. The molecule has 0 aliphatic heterocycles. The molecule has 0 fully saturated rings. The summed E-state index contributed by atoms with van der Waals surface area (Å²) in [5.41, 5.74) is 7.80. The van der Waals surface area contributed by atoms with Gasteiger partial charge in [0.1, 0.15) is 11.4 Å². The lowest BCUT2D eigenvalue weighted by Gasteiger charge is -2.44. The second kappa shape index (κ2) is 10.6. The molecule has 0 saturated heterocycles. The highest BCUT2D eigenvalue weighted by molar-refractivity contribution is 7.19. The molecule has 1 heterocycles. The van der Waals surface area contributed by atoms with Crippen molar-refractivity contribution >= 4 is 33.9 Å². The summed E-state index contributed by atoms with van der Waals surface area (Å²) in [6.45, 7) is 0. The van der Waals surface area contributed by atoms with E-state index in [1.165, 1.54) is 21.9 Å². The molecule has 6 nitrogen and oxygen atoms in total. The number of nitrogens with two attached hydrogens (primary N) is 1. The molecule has 0 atom stereocenters. The van der Waals surface area contributed by atoms with E-state index < -0.39 is 6.15 Å². The average molecular weight is 448 g/mol. The van der Waals surface area contributed by atoms with Gasteiger partial charge in [0.15, 0.2) is 0 Å². The monoisotopic (exact) mass is 448 g/mol. The van der Waals surface area contributed by atoms with Gasteiger partial charge in [0, 0.05) is 0 Å². The fourth-order valence-electron chi connectivity index (χ4n) is 4.72. The SMILES string of the molecule is Cn1nn[n+](C)c1NN.c1ccc([B-](c2ccccc2)(c2ccccc2)c2ccccc2)cc1. The van der Waals surface area contributed by atoms with Crippen molar-refractivity contribution < 1.29 is 4.68 Å². The molecule has 4 aromatic carbocycles. The van der Waals surface area contributed by atoms with Crippen LogP contribution < -0.4 is 37.8 Å². The van der Waals surface area contributed by atoms with Crippen LogP contribution in [0.15, 0.2) is 121 Å². The van der Waals surface area contributed by atoms with Crippen molar-refractivity contribution in [3.05, 3.63) is 121 Å². The van der Waals surface area contributed by atoms with Gasteiger partial charge in [-0.2, -0.15) is 21.9 Å². The standard InChI is InChI=1S/C24H20B.C3H8N6/c1-5-13-21(14-6-1)25(22-15-7-2-8-16-22,23-17-9-3-10-18-23)24-19-11-4-12-20-24;1-8-3(5-4)9(2)7-6-8/h1-20H;4H2,1-2H3/q-1;/p+1. The molecule has 0 saturated carbocycles. The third kappa shape index (κ3) is 4.47. The van der Waals surface area contributed by atoms with E-state index in [4.69, 9.17) is 5.84 Å². The minimum Gasteiger partial charge on any atom is -0.225 e. The maximum Gasteiger partial charge on any atom is 0.380 e. The van der Waals surface area contributed by atoms with E-state index in [0.717, 1.165) is 0 Å². The van der Waals surface area contributed by atoms with Crippen molar-refractivity contribution in [2.75, 3.05) is 5.43 Å². The number of rotatable bonds is 5. The van der Waals surface area contributed by atoms with Gasteiger partial charge in [0.25, 0.3) is 0 Å². The van der Waals surface area contributed by atoms with E-state index in [1.807, 2.05) is 0 Å². The first kappa shape index (κ1) is 23.0. The van der Waals surface area contributed by atoms with Gasteiger partial charge < -0.3 is 0 Å². The zero-order chi connectivity index (χ0) is 23.8. The number of aromatic nitrogens is 4. The number of tetrazole rings is 1. The number of aryl methyl sites for hydroxylation is 2. The molecule has 5 rings (SSSR count). The predicted octanol–water partition coefficient (Wildman–Crippen LogP) is 0.989. The highest BCUT2D eigenvalue weighted by Gasteiger charge is 2.31. The first-order valence-electron chi connectivity index (χ1n) is 11.3. The van der Waals surface area contributed by atoms with E-state index in [0.29, 0.717) is 5.95 Å². The van der Waals surface area contributed by atoms with E-state index >= 15 is 0 Å². The Morgan fingerprint density at radius 3 is 1.18 bits per heavy atom. The van der Waals surface area contributed by atoms with Gasteiger partial charge in [0.2, 0.25) is 0 Å². The normalized spacial score (nSPS) is 10.8. The van der Waals surface area contributed by atoms with Gasteiger partial charge in [-0.05, 0) is 0 Å². The molecule has 0 amide bonds. The predicted molar refractivity (Wildman–Crippen MR) is 140 cm³/mol. The Balaban J connectivity index is 0.000000257. The second-order valence-corrected chi connectivity index (χ2v) is 8.20. The van der Waals surface area contributed by atoms with Gasteiger partial charge in [-0.15, -0.1) is 4.68 Å². The van der Waals surface area contributed by atoms with Gasteiger partial charge in [-0.1, -0.05) is 126 Å². The lowest BCUT2D eigenvalue weighted by atomic mass is 9.13. The van der Waals surface area contributed by atoms with E-state index in [1.54, 1.807) is 23.5 Å². The Hall–Kier alpha value is -4.23. The van der Waals surface area contributed by atoms with Crippen LogP contribution in [0.5, 0.6) is 0 Å². The van der Waals surface area contributed by atoms with Crippen LogP contribution >= 0.6 is 0 Å². The number of anilines is 1. The Bertz CT molecular complexity index is 1110. The molecular weight excluding hydrogens is 419 g/mol. The topological polar surface area (TPSA) is 72.6 Å². The molecule has 5 aromatic rings. The van der Waals surface area contributed by atoms with Crippen LogP contribution in [-0.2, 0) is 14.1 Å². The Labute approximate surface area is 200 Å². The molecule has 3 N–H and O–H groups in total. The van der Waals surface area contributed by atoms with Gasteiger partial charge in [-0.3, -0.25) is 0 Å². The summed E-state index contributed by atoms with van der Waals surface area (Å²) in [4.78, 5) is 0. The molecule has 0 unspecified atom stereocenters. The summed E-state index contributed by atoms with van der Waals surface area (Å²) in [5.74, 6) is 5.79. The minimum atomic E-state index is -1.22. The lowest BCUT2D eigenvalue weighted by Crippen LogP contribution is -2.74. The van der Waals surface area contributed by atoms with Gasteiger partial charge in [0.05, 0.1) is 19.3 Å². The molecule has 0 bridgehead atoms. The average Bonchev–Trinajstić information content (AvgIpc) is 3.24. The van der Waals surface area contributed by atoms with Crippen molar-refractivity contribution in [1.29, 1.82) is 0 Å². The minimum absolute atomic E-state index is 0.662. The maximum atomic E-state index is 5.12. The van der Waals surface area contributed by atoms with Crippen LogP contribution in [0.4, 0.5) is 5.95 Å². The molecule has 34 heavy (non-hydrogen) atoms. The lowest BCUT2D eigenvalue weighted by molar-refractivity contribution is -0.718. The van der Waals surface area contributed by atoms with Crippen LogP contribution in [0.1, 0.15) is 0 Å². The Morgan fingerprint density at radius 2 is 0.971 bits per heavy atom. The van der Waals surface area contributed by atoms with Crippen LogP contribution in [0.25, 0.3) is 0 Å². The zero-order valence-corrected chi connectivity index (χ0v) is 19.5. The highest BCUT2D eigenvalue weighted by atomic mass is 15.6. The molecular formula is C27H29BN6. The number of nitrogens with one attached hydrogen (secondary N) is 1. The summed E-state index contributed by atoms with van der Waals surface area (Å²) in [7, 11) is 3.50. The summed E-state index contributed by atoms with van der Waals surface area (Å²) in [6.07, 6.45) is -1.22. The third-order valence-electron chi connectivity index (χ3n) is 6.25. The molecule has 170 valence electrons. The Kier molecular flexibility index (Phi) is 7.15. The van der Waals surface area contributed by atoms with Crippen LogP contribution in [0.2, 0.25) is 0 Å². The van der Waals surface area contributed by atoms with Crippen molar-refractivity contribution in [2.45, 2.75) is 0 Å². The number of benzene rings is 4. The zero-order valence-electron chi connectivity index (χ0n) is 19.5. The smallest absolute Gasteiger partial charge is 0.225 e. The van der Waals surface area contributed by atoms with E-state index in [9.17, 15) is 0 Å². The molecule has 0 radical (unpaired) electrons. The summed E-state index contributed by atoms with van der Waals surface area (Å²) in [6, 6.07) is 43.5. The first-order chi connectivity index (χ1) is 16.7. The number of nitrogen functional groups attached to an aromatic ring is 1. The van der Waals surface area contributed by atoms with Gasteiger partial charge in [-0.25, -0.2) is 11.3 Å². The summed E-state index contributed by atoms with van der Waals surface area (Å²) in [5, 5.41) is 7.35. The molecule has 7 heteroatoms. The third-order valence-corrected chi connectivity index (χ3v) is 6.25. The van der Waals surface area contributed by atoms with Crippen molar-refractivity contribution in [2.24, 2.45) is 19.9 Å². The second-order valence-electron chi connectivity index (χ2n) is 8.20. The van der Waals surface area contributed by atoms with Crippen molar-refractivity contribution in [3.8, 4) is 0 Å². The summed E-state index contributed by atoms with van der Waals surface area (Å²) < 4.78 is 3.08. The fraction of sp³-hybridized carbons (Fsp3) is 0.0741. The van der Waals surface area contributed by atoms with Gasteiger partial charge >= 0.3 is 5.95 Å². The molecule has 0 aliphatic carbocycles. The number of hydrogen-bond donors (Lipinski definition) is 2. The quantitative estimate of drug-likeness (QED) is 0.182. The first-order valence-corrected chi connectivity index (χ1v) is 11.3. The number of nitrogens with zero attached hydrogens (tertiary/aromatic N) is 4. The highest BCUT2D eigenvalue weighted by Crippen LogP contribution is 2.09. The van der Waals surface area contributed by atoms with Crippen molar-refractivity contribution in [3.63, 3.8) is 0 Å². The largest absolute Gasteiger partial charge is 0.380 e. The van der Waals surface area contributed by atoms with E-state index in [-0.39, 0.29) is 0 Å². The molecule has 0 aliphatic rings. The summed E-state index contributed by atoms with van der Waals surface area (Å²) >= 11 is 0. The number of hydrazine groups is 1. The van der Waals surface area contributed by atoms with Crippen LogP contribution in [0, 0.1) is 0 Å². The molecule has 1 aromatic heterocycles. The fourth-order valence-corrected chi connectivity index (χ4v) is 4.72. The van der Waals surface area contributed by atoms with Crippen LogP contribution in [0.3, 0.4) is 0 Å². The Morgan fingerprint density at radius 1 is 0.647 bits per heavy atom. The number of hydrogen-bond acceptors (Lipinski definition) is 4. The maximum absolute atomic E-state index is 5.12. The van der Waals surface area contributed by atoms with E-state index in [2.05, 4.69) is 137 Å².